The zero-order valence-corrected chi connectivity index (χ0v) is 12.3. The van der Waals surface area contributed by atoms with Gasteiger partial charge in [0, 0.05) is 18.2 Å². The lowest BCUT2D eigenvalue weighted by atomic mass is 10.0. The third-order valence-electron chi connectivity index (χ3n) is 3.33. The summed E-state index contributed by atoms with van der Waals surface area (Å²) in [5.41, 5.74) is 9.12. The number of rotatable bonds is 7. The van der Waals surface area contributed by atoms with Crippen molar-refractivity contribution >= 4 is 11.6 Å². The van der Waals surface area contributed by atoms with Crippen molar-refractivity contribution in [2.45, 2.75) is 58.9 Å². The highest BCUT2D eigenvalue weighted by atomic mass is 16.1. The average Bonchev–Trinajstić information content (AvgIpc) is 2.38. The van der Waals surface area contributed by atoms with Crippen LogP contribution in [0.25, 0.3) is 0 Å². The highest BCUT2D eigenvalue weighted by Gasteiger charge is 2.10. The Morgan fingerprint density at radius 1 is 1.26 bits per heavy atom. The molecule has 3 N–H and O–H groups in total. The van der Waals surface area contributed by atoms with E-state index < -0.39 is 0 Å². The highest BCUT2D eigenvalue weighted by Crippen LogP contribution is 2.22. The zero-order valence-electron chi connectivity index (χ0n) is 12.3. The van der Waals surface area contributed by atoms with Gasteiger partial charge in [0.2, 0.25) is 5.91 Å². The maximum Gasteiger partial charge on any atom is 0.224 e. The van der Waals surface area contributed by atoms with Crippen LogP contribution < -0.4 is 11.1 Å². The Kier molecular flexibility index (Phi) is 6.57. The maximum absolute atomic E-state index is 12.0. The molecule has 1 aromatic carbocycles. The van der Waals surface area contributed by atoms with Crippen molar-refractivity contribution in [3.05, 3.63) is 29.3 Å². The van der Waals surface area contributed by atoms with Crippen LogP contribution in [0.3, 0.4) is 0 Å². The Bertz CT molecular complexity index is 391. The molecule has 3 nitrogen and oxygen atoms in total. The van der Waals surface area contributed by atoms with Crippen molar-refractivity contribution < 1.29 is 4.79 Å². The Labute approximate surface area is 116 Å². The van der Waals surface area contributed by atoms with E-state index in [2.05, 4.69) is 37.4 Å². The van der Waals surface area contributed by atoms with Crippen LogP contribution in [0.4, 0.5) is 5.69 Å². The molecule has 3 heteroatoms. The van der Waals surface area contributed by atoms with Crippen LogP contribution in [0.2, 0.25) is 0 Å². The van der Waals surface area contributed by atoms with Crippen molar-refractivity contribution in [2.75, 3.05) is 5.32 Å². The van der Waals surface area contributed by atoms with Crippen molar-refractivity contribution in [1.82, 2.24) is 0 Å². The van der Waals surface area contributed by atoms with E-state index in [1.807, 2.05) is 6.92 Å². The molecule has 0 saturated heterocycles. The average molecular weight is 262 g/mol. The van der Waals surface area contributed by atoms with Crippen LogP contribution in [0.15, 0.2) is 18.2 Å². The second-order valence-corrected chi connectivity index (χ2v) is 5.08. The lowest BCUT2D eigenvalue weighted by Crippen LogP contribution is -2.17. The fourth-order valence-electron chi connectivity index (χ4n) is 2.19. The third-order valence-corrected chi connectivity index (χ3v) is 3.33. The molecule has 1 unspecified atom stereocenters. The van der Waals surface area contributed by atoms with Crippen molar-refractivity contribution in [3.63, 3.8) is 0 Å². The van der Waals surface area contributed by atoms with Gasteiger partial charge in [-0.1, -0.05) is 32.0 Å². The quantitative estimate of drug-likeness (QED) is 0.792. The van der Waals surface area contributed by atoms with Crippen molar-refractivity contribution in [3.8, 4) is 0 Å². The van der Waals surface area contributed by atoms with E-state index in [0.29, 0.717) is 6.42 Å². The SMILES string of the molecule is CCc1cccc(CC)c1NC(=O)CCCC(C)N. The van der Waals surface area contributed by atoms with Gasteiger partial charge in [-0.3, -0.25) is 4.79 Å². The van der Waals surface area contributed by atoms with Gasteiger partial charge in [-0.2, -0.15) is 0 Å². The number of nitrogens with two attached hydrogens (primary N) is 1. The number of carbonyl (C=O) groups is 1. The lowest BCUT2D eigenvalue weighted by molar-refractivity contribution is -0.116. The summed E-state index contributed by atoms with van der Waals surface area (Å²) in [6.45, 7) is 6.19. The van der Waals surface area contributed by atoms with E-state index >= 15 is 0 Å². The molecule has 0 aliphatic rings. The first-order valence-corrected chi connectivity index (χ1v) is 7.24. The minimum atomic E-state index is 0.0938. The van der Waals surface area contributed by atoms with Gasteiger partial charge in [0.1, 0.15) is 0 Å². The van der Waals surface area contributed by atoms with Gasteiger partial charge in [0.15, 0.2) is 0 Å². The molecule has 1 amide bonds. The molecule has 19 heavy (non-hydrogen) atoms. The number of nitrogens with one attached hydrogen (secondary N) is 1. The van der Waals surface area contributed by atoms with Crippen LogP contribution in [-0.4, -0.2) is 11.9 Å². The third kappa shape index (κ3) is 5.03. The van der Waals surface area contributed by atoms with E-state index in [1.54, 1.807) is 0 Å². The van der Waals surface area contributed by atoms with Gasteiger partial charge in [0.05, 0.1) is 0 Å². The fraction of sp³-hybridized carbons (Fsp3) is 0.562. The molecule has 1 atom stereocenters. The molecule has 0 aliphatic carbocycles. The maximum atomic E-state index is 12.0. The predicted octanol–water partition coefficient (Wildman–Crippen LogP) is 3.27. The van der Waals surface area contributed by atoms with Crippen LogP contribution >= 0.6 is 0 Å². The second kappa shape index (κ2) is 7.95. The predicted molar refractivity (Wildman–Crippen MR) is 81.3 cm³/mol. The molecular weight excluding hydrogens is 236 g/mol. The number of hydrogen-bond acceptors (Lipinski definition) is 2. The van der Waals surface area contributed by atoms with E-state index in [1.165, 1.54) is 11.1 Å². The van der Waals surface area contributed by atoms with E-state index in [9.17, 15) is 4.79 Å². The Morgan fingerprint density at radius 2 is 1.84 bits per heavy atom. The molecule has 1 rings (SSSR count). The number of para-hydroxylation sites is 1. The molecule has 0 bridgehead atoms. The first-order chi connectivity index (χ1) is 9.08. The smallest absolute Gasteiger partial charge is 0.224 e. The largest absolute Gasteiger partial charge is 0.328 e. The molecule has 0 aliphatic heterocycles. The fourth-order valence-corrected chi connectivity index (χ4v) is 2.19. The number of aryl methyl sites for hydroxylation is 2. The Hall–Kier alpha value is -1.35. The Balaban J connectivity index is 2.67. The van der Waals surface area contributed by atoms with E-state index in [-0.39, 0.29) is 11.9 Å². The molecule has 106 valence electrons. The standard InChI is InChI=1S/C16H26N2O/c1-4-13-9-7-10-14(5-2)16(13)18-15(19)11-6-8-12(3)17/h7,9-10,12H,4-6,8,11,17H2,1-3H3,(H,18,19). The topological polar surface area (TPSA) is 55.1 Å². The van der Waals surface area contributed by atoms with Gasteiger partial charge in [-0.05, 0) is 43.7 Å². The normalized spacial score (nSPS) is 12.2. The van der Waals surface area contributed by atoms with Gasteiger partial charge in [-0.15, -0.1) is 0 Å². The molecule has 0 fully saturated rings. The summed E-state index contributed by atoms with van der Waals surface area (Å²) in [6.07, 6.45) is 4.15. The van der Waals surface area contributed by atoms with Gasteiger partial charge >= 0.3 is 0 Å². The van der Waals surface area contributed by atoms with Crippen LogP contribution in [0, 0.1) is 0 Å². The summed E-state index contributed by atoms with van der Waals surface area (Å²) >= 11 is 0. The monoisotopic (exact) mass is 262 g/mol. The summed E-state index contributed by atoms with van der Waals surface area (Å²) in [6, 6.07) is 6.39. The summed E-state index contributed by atoms with van der Waals surface area (Å²) in [7, 11) is 0. The molecule has 0 radical (unpaired) electrons. The van der Waals surface area contributed by atoms with Gasteiger partial charge in [-0.25, -0.2) is 0 Å². The molecule has 0 aromatic heterocycles. The first-order valence-electron chi connectivity index (χ1n) is 7.24. The minimum Gasteiger partial charge on any atom is -0.328 e. The minimum absolute atomic E-state index is 0.0938. The van der Waals surface area contributed by atoms with Crippen molar-refractivity contribution in [2.24, 2.45) is 5.73 Å². The first kappa shape index (κ1) is 15.7. The Morgan fingerprint density at radius 3 is 2.32 bits per heavy atom. The van der Waals surface area contributed by atoms with Crippen LogP contribution in [-0.2, 0) is 17.6 Å². The molecule has 1 aromatic rings. The van der Waals surface area contributed by atoms with E-state index in [0.717, 1.165) is 31.4 Å². The van der Waals surface area contributed by atoms with Crippen LogP contribution in [0.5, 0.6) is 0 Å². The van der Waals surface area contributed by atoms with Gasteiger partial charge in [0.25, 0.3) is 0 Å². The summed E-state index contributed by atoms with van der Waals surface area (Å²) in [5.74, 6) is 0.0938. The number of benzene rings is 1. The number of anilines is 1. The van der Waals surface area contributed by atoms with E-state index in [4.69, 9.17) is 5.73 Å². The summed E-state index contributed by atoms with van der Waals surface area (Å²) in [5, 5.41) is 3.07. The molecule has 0 heterocycles. The summed E-state index contributed by atoms with van der Waals surface area (Å²) < 4.78 is 0. The van der Waals surface area contributed by atoms with Gasteiger partial charge < -0.3 is 11.1 Å². The van der Waals surface area contributed by atoms with Crippen molar-refractivity contribution in [1.29, 1.82) is 0 Å². The summed E-state index contributed by atoms with van der Waals surface area (Å²) in [4.78, 5) is 12.0. The molecular formula is C16H26N2O. The number of amides is 1. The highest BCUT2D eigenvalue weighted by molar-refractivity contribution is 5.92. The molecule has 0 spiro atoms. The number of carbonyl (C=O) groups excluding carboxylic acids is 1. The van der Waals surface area contributed by atoms with Crippen LogP contribution in [0.1, 0.15) is 51.2 Å². The lowest BCUT2D eigenvalue weighted by Gasteiger charge is -2.14. The molecule has 0 saturated carbocycles. The zero-order chi connectivity index (χ0) is 14.3. The number of hydrogen-bond donors (Lipinski definition) is 2. The second-order valence-electron chi connectivity index (χ2n) is 5.08.